The third-order valence-corrected chi connectivity index (χ3v) is 4.40. The average Bonchev–Trinajstić information content (AvgIpc) is 3.37. The van der Waals surface area contributed by atoms with E-state index in [0.29, 0.717) is 5.69 Å². The monoisotopic (exact) mass is 361 g/mol. The van der Waals surface area contributed by atoms with Gasteiger partial charge in [0.15, 0.2) is 0 Å². The number of urea groups is 1. The van der Waals surface area contributed by atoms with Crippen LogP contribution in [0.1, 0.15) is 23.5 Å². The van der Waals surface area contributed by atoms with Crippen molar-refractivity contribution in [1.82, 2.24) is 10.9 Å². The minimum atomic E-state index is -0.636. The second kappa shape index (κ2) is 7.11. The van der Waals surface area contributed by atoms with Gasteiger partial charge in [-0.3, -0.25) is 10.2 Å². The van der Waals surface area contributed by atoms with Crippen LogP contribution in [0.2, 0.25) is 5.02 Å². The van der Waals surface area contributed by atoms with Crippen molar-refractivity contribution in [3.8, 4) is 0 Å². The number of carbonyl (C=O) groups is 2. The summed E-state index contributed by atoms with van der Waals surface area (Å²) >= 11 is 5.64. The first kappa shape index (κ1) is 17.2. The van der Waals surface area contributed by atoms with Crippen LogP contribution in [-0.2, 0) is 4.79 Å². The summed E-state index contributed by atoms with van der Waals surface area (Å²) in [6.07, 6.45) is 0.756. The smallest absolute Gasteiger partial charge is 0.307 e. The molecule has 0 bridgehead atoms. The number of nitrogens with one attached hydrogen (secondary N) is 3. The number of hydrazine groups is 1. The first-order chi connectivity index (χ1) is 11.9. The minimum Gasteiger partial charge on any atom is -0.307 e. The third kappa shape index (κ3) is 4.28. The Kier molecular flexibility index (Phi) is 4.90. The third-order valence-electron chi connectivity index (χ3n) is 4.11. The Morgan fingerprint density at radius 3 is 2.52 bits per heavy atom. The summed E-state index contributed by atoms with van der Waals surface area (Å²) in [7, 11) is 0. The molecule has 25 heavy (non-hydrogen) atoms. The zero-order valence-electron chi connectivity index (χ0n) is 13.5. The normalized spacial score (nSPS) is 18.4. The number of anilines is 1. The Hall–Kier alpha value is -2.60. The van der Waals surface area contributed by atoms with Crippen molar-refractivity contribution in [3.63, 3.8) is 0 Å². The van der Waals surface area contributed by atoms with Gasteiger partial charge in [-0.15, -0.1) is 0 Å². The zero-order valence-corrected chi connectivity index (χ0v) is 14.2. The Labute approximate surface area is 149 Å². The molecule has 3 N–H and O–H groups in total. The van der Waals surface area contributed by atoms with Crippen LogP contribution in [0.25, 0.3) is 0 Å². The van der Waals surface area contributed by atoms with Gasteiger partial charge in [0.05, 0.1) is 5.02 Å². The molecule has 7 heteroatoms. The van der Waals surface area contributed by atoms with E-state index in [0.717, 1.165) is 18.1 Å². The number of hydrogen-bond donors (Lipinski definition) is 3. The van der Waals surface area contributed by atoms with Crippen molar-refractivity contribution in [1.29, 1.82) is 0 Å². The molecular weight excluding hydrogens is 345 g/mol. The molecule has 3 rings (SSSR count). The Morgan fingerprint density at radius 1 is 1.12 bits per heavy atom. The molecule has 2 atom stereocenters. The molecule has 0 spiro atoms. The molecule has 2 aromatic rings. The molecule has 1 aliphatic carbocycles. The van der Waals surface area contributed by atoms with Crippen molar-refractivity contribution < 1.29 is 14.0 Å². The number of hydrogen-bond acceptors (Lipinski definition) is 2. The van der Waals surface area contributed by atoms with Crippen LogP contribution >= 0.6 is 11.6 Å². The maximum Gasteiger partial charge on any atom is 0.337 e. The van der Waals surface area contributed by atoms with E-state index >= 15 is 0 Å². The molecule has 0 aliphatic heterocycles. The first-order valence-electron chi connectivity index (χ1n) is 7.82. The Balaban J connectivity index is 1.47. The highest BCUT2D eigenvalue weighted by Gasteiger charge is 2.44. The van der Waals surface area contributed by atoms with E-state index in [2.05, 4.69) is 16.2 Å². The van der Waals surface area contributed by atoms with Gasteiger partial charge < -0.3 is 5.32 Å². The second-order valence-electron chi connectivity index (χ2n) is 6.06. The van der Waals surface area contributed by atoms with Gasteiger partial charge in [-0.25, -0.2) is 14.6 Å². The van der Waals surface area contributed by atoms with E-state index in [-0.39, 0.29) is 22.8 Å². The fourth-order valence-corrected chi connectivity index (χ4v) is 2.79. The molecule has 5 nitrogen and oxygen atoms in total. The van der Waals surface area contributed by atoms with Gasteiger partial charge in [0.25, 0.3) is 0 Å². The highest BCUT2D eigenvalue weighted by Crippen LogP contribution is 2.47. The first-order valence-corrected chi connectivity index (χ1v) is 8.20. The lowest BCUT2D eigenvalue weighted by Crippen LogP contribution is -2.44. The van der Waals surface area contributed by atoms with E-state index in [4.69, 9.17) is 11.6 Å². The van der Waals surface area contributed by atoms with Crippen molar-refractivity contribution in [2.75, 3.05) is 5.32 Å². The number of amides is 3. The summed E-state index contributed by atoms with van der Waals surface area (Å²) < 4.78 is 13.1. The summed E-state index contributed by atoms with van der Waals surface area (Å²) in [5.74, 6) is -0.778. The quantitative estimate of drug-likeness (QED) is 0.729. The molecule has 3 amide bonds. The fraction of sp³-hybridized carbons (Fsp3) is 0.222. The van der Waals surface area contributed by atoms with Crippen molar-refractivity contribution >= 4 is 29.2 Å². The second-order valence-corrected chi connectivity index (χ2v) is 6.46. The molecule has 0 saturated heterocycles. The van der Waals surface area contributed by atoms with Crippen LogP contribution in [0.15, 0.2) is 42.5 Å². The summed E-state index contributed by atoms with van der Waals surface area (Å²) in [5, 5.41) is 2.36. The average molecular weight is 362 g/mol. The number of carbonyl (C=O) groups excluding carboxylic acids is 2. The lowest BCUT2D eigenvalue weighted by molar-refractivity contribution is -0.123. The molecule has 0 aromatic heterocycles. The highest BCUT2D eigenvalue weighted by atomic mass is 35.5. The van der Waals surface area contributed by atoms with Gasteiger partial charge in [-0.1, -0.05) is 41.4 Å². The summed E-state index contributed by atoms with van der Waals surface area (Å²) in [5.41, 5.74) is 7.29. The van der Waals surface area contributed by atoms with Crippen LogP contribution in [-0.4, -0.2) is 11.9 Å². The maximum absolute atomic E-state index is 13.1. The predicted octanol–water partition coefficient (Wildman–Crippen LogP) is 3.74. The topological polar surface area (TPSA) is 70.2 Å². The van der Waals surface area contributed by atoms with Gasteiger partial charge in [-0.05, 0) is 43.0 Å². The van der Waals surface area contributed by atoms with Gasteiger partial charge in [-0.2, -0.15) is 0 Å². The van der Waals surface area contributed by atoms with Gasteiger partial charge in [0.2, 0.25) is 5.91 Å². The molecule has 1 saturated carbocycles. The van der Waals surface area contributed by atoms with Crippen LogP contribution < -0.4 is 16.2 Å². The lowest BCUT2D eigenvalue weighted by atomic mass is 10.1. The summed E-state index contributed by atoms with van der Waals surface area (Å²) in [6, 6.07) is 11.2. The molecule has 2 aromatic carbocycles. The molecular formula is C18H17ClFN3O2. The molecule has 1 aliphatic rings. The van der Waals surface area contributed by atoms with E-state index in [1.54, 1.807) is 0 Å². The SMILES string of the molecule is Cc1ccc([C@H]2C[C@H]2C(=O)NNC(=O)Nc2ccc(F)c(Cl)c2)cc1. The molecule has 130 valence electrons. The van der Waals surface area contributed by atoms with Gasteiger partial charge in [0.1, 0.15) is 5.82 Å². The molecule has 0 radical (unpaired) electrons. The largest absolute Gasteiger partial charge is 0.337 e. The molecule has 1 fully saturated rings. The van der Waals surface area contributed by atoms with Crippen molar-refractivity contribution in [3.05, 3.63) is 64.4 Å². The van der Waals surface area contributed by atoms with E-state index in [9.17, 15) is 14.0 Å². The van der Waals surface area contributed by atoms with Crippen LogP contribution in [0.4, 0.5) is 14.9 Å². The number of aryl methyl sites for hydroxylation is 1. The minimum absolute atomic E-state index is 0.0965. The Bertz CT molecular complexity index is 810. The zero-order chi connectivity index (χ0) is 18.0. The van der Waals surface area contributed by atoms with Crippen molar-refractivity contribution in [2.24, 2.45) is 5.92 Å². The maximum atomic E-state index is 13.1. The summed E-state index contributed by atoms with van der Waals surface area (Å²) in [4.78, 5) is 23.9. The van der Waals surface area contributed by atoms with Crippen molar-refractivity contribution in [2.45, 2.75) is 19.3 Å². The highest BCUT2D eigenvalue weighted by molar-refractivity contribution is 6.31. The van der Waals surface area contributed by atoms with Crippen LogP contribution in [0.5, 0.6) is 0 Å². The van der Waals surface area contributed by atoms with Gasteiger partial charge in [0, 0.05) is 11.6 Å². The molecule has 0 unspecified atom stereocenters. The van der Waals surface area contributed by atoms with Crippen LogP contribution in [0.3, 0.4) is 0 Å². The van der Waals surface area contributed by atoms with E-state index in [1.807, 2.05) is 31.2 Å². The van der Waals surface area contributed by atoms with Crippen LogP contribution in [0, 0.1) is 18.7 Å². The van der Waals surface area contributed by atoms with Gasteiger partial charge >= 0.3 is 6.03 Å². The molecule has 0 heterocycles. The summed E-state index contributed by atoms with van der Waals surface area (Å²) in [6.45, 7) is 2.01. The lowest BCUT2D eigenvalue weighted by Gasteiger charge is -2.09. The number of benzene rings is 2. The number of halogens is 2. The fourth-order valence-electron chi connectivity index (χ4n) is 2.61. The number of rotatable bonds is 3. The van der Waals surface area contributed by atoms with E-state index in [1.165, 1.54) is 17.7 Å². The standard InChI is InChI=1S/C18H17ClFN3O2/c1-10-2-4-11(5-3-10)13-9-14(13)17(24)22-23-18(25)21-12-6-7-16(20)15(19)8-12/h2-8,13-14H,9H2,1H3,(H,22,24)(H2,21,23,25)/t13-,14-/m1/s1. The predicted molar refractivity (Wildman–Crippen MR) is 93.7 cm³/mol. The van der Waals surface area contributed by atoms with E-state index < -0.39 is 11.8 Å². The Morgan fingerprint density at radius 2 is 1.84 bits per heavy atom.